The number of esters is 1. The van der Waals surface area contributed by atoms with Crippen molar-refractivity contribution >= 4 is 17.8 Å². The molecule has 1 rings (SSSR count). The highest BCUT2D eigenvalue weighted by molar-refractivity contribution is 5.96. The third kappa shape index (κ3) is 5.78. The van der Waals surface area contributed by atoms with Crippen molar-refractivity contribution in [2.45, 2.75) is 18.9 Å². The number of carbonyl (C=O) groups is 3. The number of allylic oxidation sites excluding steroid dienone is 1. The normalized spacial score (nSPS) is 11.1. The van der Waals surface area contributed by atoms with E-state index in [1.807, 2.05) is 0 Å². The number of rotatable bonds is 8. The zero-order chi connectivity index (χ0) is 16.4. The molecule has 0 aliphatic carbocycles. The third-order valence-electron chi connectivity index (χ3n) is 2.93. The predicted molar refractivity (Wildman–Crippen MR) is 82.2 cm³/mol. The van der Waals surface area contributed by atoms with Crippen molar-refractivity contribution in [3.8, 4) is 0 Å². The first-order valence-corrected chi connectivity index (χ1v) is 6.89. The summed E-state index contributed by atoms with van der Waals surface area (Å²) in [6, 6.07) is 7.81. The minimum Gasteiger partial charge on any atom is -0.467 e. The Morgan fingerprint density at radius 2 is 1.95 bits per heavy atom. The Morgan fingerprint density at radius 1 is 1.27 bits per heavy atom. The molecule has 2 N–H and O–H groups in total. The van der Waals surface area contributed by atoms with Crippen molar-refractivity contribution in [2.24, 2.45) is 0 Å². The van der Waals surface area contributed by atoms with Crippen LogP contribution in [-0.2, 0) is 14.3 Å². The molecule has 6 nitrogen and oxygen atoms in total. The lowest BCUT2D eigenvalue weighted by molar-refractivity contribution is -0.145. The van der Waals surface area contributed by atoms with Gasteiger partial charge in [0.25, 0.3) is 5.91 Å². The molecule has 0 fully saturated rings. The number of nitrogens with one attached hydrogen (secondary N) is 2. The fourth-order valence-corrected chi connectivity index (χ4v) is 1.77. The second-order valence-corrected chi connectivity index (χ2v) is 4.56. The molecule has 1 aromatic carbocycles. The van der Waals surface area contributed by atoms with Crippen LogP contribution in [0.5, 0.6) is 0 Å². The summed E-state index contributed by atoms with van der Waals surface area (Å²) in [5, 5.41) is 5.03. The maximum atomic E-state index is 11.8. The van der Waals surface area contributed by atoms with Crippen LogP contribution in [0.15, 0.2) is 43.0 Å². The summed E-state index contributed by atoms with van der Waals surface area (Å²) in [6.45, 7) is 3.36. The lowest BCUT2D eigenvalue weighted by Crippen LogP contribution is -2.45. The molecule has 6 heteroatoms. The molecule has 0 bridgehead atoms. The van der Waals surface area contributed by atoms with Crippen molar-refractivity contribution in [1.29, 1.82) is 0 Å². The molecule has 0 aliphatic heterocycles. The van der Waals surface area contributed by atoms with E-state index < -0.39 is 17.9 Å². The third-order valence-corrected chi connectivity index (χ3v) is 2.93. The van der Waals surface area contributed by atoms with Gasteiger partial charge in [0, 0.05) is 5.56 Å². The average molecular weight is 304 g/mol. The van der Waals surface area contributed by atoms with Gasteiger partial charge in [-0.1, -0.05) is 24.3 Å². The molecule has 118 valence electrons. The fraction of sp³-hybridized carbons (Fsp3) is 0.312. The molecule has 0 radical (unpaired) electrons. The lowest BCUT2D eigenvalue weighted by atomic mass is 10.1. The monoisotopic (exact) mass is 304 g/mol. The van der Waals surface area contributed by atoms with Crippen LogP contribution in [-0.4, -0.2) is 37.5 Å². The maximum Gasteiger partial charge on any atom is 0.328 e. The van der Waals surface area contributed by atoms with Crippen LogP contribution in [0.1, 0.15) is 23.2 Å². The van der Waals surface area contributed by atoms with Crippen molar-refractivity contribution in [3.63, 3.8) is 0 Å². The van der Waals surface area contributed by atoms with E-state index >= 15 is 0 Å². The summed E-state index contributed by atoms with van der Waals surface area (Å²) in [6.07, 6.45) is 2.62. The number of methoxy groups -OCH3 is 1. The summed E-state index contributed by atoms with van der Waals surface area (Å²) < 4.78 is 4.63. The van der Waals surface area contributed by atoms with Gasteiger partial charge in [0.15, 0.2) is 0 Å². The van der Waals surface area contributed by atoms with E-state index in [1.54, 1.807) is 36.4 Å². The number of carbonyl (C=O) groups excluding carboxylic acids is 3. The Morgan fingerprint density at radius 3 is 2.55 bits per heavy atom. The highest BCUT2D eigenvalue weighted by Gasteiger charge is 2.20. The van der Waals surface area contributed by atoms with E-state index in [-0.39, 0.29) is 12.5 Å². The minimum absolute atomic E-state index is 0.213. The molecule has 0 saturated carbocycles. The SMILES string of the molecule is C=CCC[C@H](NC(=O)CNC(=O)c1ccccc1)C(=O)OC. The van der Waals surface area contributed by atoms with Crippen molar-refractivity contribution in [2.75, 3.05) is 13.7 Å². The molecular formula is C16H20N2O4. The summed E-state index contributed by atoms with van der Waals surface area (Å²) in [7, 11) is 1.26. The predicted octanol–water partition coefficient (Wildman–Crippen LogP) is 1.04. The van der Waals surface area contributed by atoms with E-state index in [9.17, 15) is 14.4 Å². The highest BCUT2D eigenvalue weighted by Crippen LogP contribution is 2.01. The largest absolute Gasteiger partial charge is 0.467 e. The van der Waals surface area contributed by atoms with Crippen LogP contribution in [0.25, 0.3) is 0 Å². The van der Waals surface area contributed by atoms with Crippen LogP contribution < -0.4 is 10.6 Å². The van der Waals surface area contributed by atoms with E-state index in [0.29, 0.717) is 18.4 Å². The number of hydrogen-bond donors (Lipinski definition) is 2. The molecule has 0 saturated heterocycles. The number of amides is 2. The molecule has 0 aromatic heterocycles. The van der Waals surface area contributed by atoms with Gasteiger partial charge >= 0.3 is 5.97 Å². The van der Waals surface area contributed by atoms with Gasteiger partial charge in [-0.2, -0.15) is 0 Å². The lowest BCUT2D eigenvalue weighted by Gasteiger charge is -2.16. The van der Waals surface area contributed by atoms with Crippen LogP contribution >= 0.6 is 0 Å². The summed E-state index contributed by atoms with van der Waals surface area (Å²) in [5.41, 5.74) is 0.464. The van der Waals surface area contributed by atoms with E-state index in [2.05, 4.69) is 21.9 Å². The van der Waals surface area contributed by atoms with E-state index in [4.69, 9.17) is 0 Å². The number of hydrogen-bond acceptors (Lipinski definition) is 4. The zero-order valence-electron chi connectivity index (χ0n) is 12.5. The molecule has 0 aliphatic rings. The Labute approximate surface area is 129 Å². The van der Waals surface area contributed by atoms with E-state index in [0.717, 1.165) is 0 Å². The first kappa shape index (κ1) is 17.4. The van der Waals surface area contributed by atoms with Crippen molar-refractivity contribution < 1.29 is 19.1 Å². The van der Waals surface area contributed by atoms with Crippen LogP contribution in [0.4, 0.5) is 0 Å². The van der Waals surface area contributed by atoms with Gasteiger partial charge in [-0.05, 0) is 25.0 Å². The Bertz CT molecular complexity index is 528. The van der Waals surface area contributed by atoms with Crippen LogP contribution in [0.3, 0.4) is 0 Å². The van der Waals surface area contributed by atoms with Gasteiger partial charge in [0.05, 0.1) is 13.7 Å². The molecule has 1 atom stereocenters. The van der Waals surface area contributed by atoms with Gasteiger partial charge in [0.1, 0.15) is 6.04 Å². The minimum atomic E-state index is -0.746. The molecule has 22 heavy (non-hydrogen) atoms. The topological polar surface area (TPSA) is 84.5 Å². The molecule has 0 heterocycles. The smallest absolute Gasteiger partial charge is 0.328 e. The van der Waals surface area contributed by atoms with Crippen LogP contribution in [0, 0.1) is 0 Å². The molecule has 1 aromatic rings. The maximum absolute atomic E-state index is 11.8. The van der Waals surface area contributed by atoms with Crippen LogP contribution in [0.2, 0.25) is 0 Å². The van der Waals surface area contributed by atoms with Gasteiger partial charge in [0.2, 0.25) is 5.91 Å². The first-order chi connectivity index (χ1) is 10.6. The quantitative estimate of drug-likeness (QED) is 0.555. The zero-order valence-corrected chi connectivity index (χ0v) is 12.5. The number of ether oxygens (including phenoxy) is 1. The number of benzene rings is 1. The molecule has 2 amide bonds. The standard InChI is InChI=1S/C16H20N2O4/c1-3-4-10-13(16(21)22-2)18-14(19)11-17-15(20)12-8-6-5-7-9-12/h3,5-9,13H,1,4,10-11H2,2H3,(H,17,20)(H,18,19)/t13-/m0/s1. The Balaban J connectivity index is 2.48. The summed E-state index contributed by atoms with van der Waals surface area (Å²) in [5.74, 6) is -1.33. The fourth-order valence-electron chi connectivity index (χ4n) is 1.77. The summed E-state index contributed by atoms with van der Waals surface area (Å²) >= 11 is 0. The molecular weight excluding hydrogens is 284 g/mol. The summed E-state index contributed by atoms with van der Waals surface area (Å²) in [4.78, 5) is 35.2. The molecule has 0 spiro atoms. The average Bonchev–Trinajstić information content (AvgIpc) is 2.56. The molecule has 0 unspecified atom stereocenters. The van der Waals surface area contributed by atoms with Gasteiger partial charge in [-0.15, -0.1) is 6.58 Å². The second-order valence-electron chi connectivity index (χ2n) is 4.56. The Hall–Kier alpha value is -2.63. The van der Waals surface area contributed by atoms with E-state index in [1.165, 1.54) is 7.11 Å². The Kier molecular flexibility index (Phi) is 7.39. The van der Waals surface area contributed by atoms with Crippen molar-refractivity contribution in [1.82, 2.24) is 10.6 Å². The highest BCUT2D eigenvalue weighted by atomic mass is 16.5. The van der Waals surface area contributed by atoms with Gasteiger partial charge < -0.3 is 15.4 Å². The van der Waals surface area contributed by atoms with Gasteiger partial charge in [-0.3, -0.25) is 9.59 Å². The van der Waals surface area contributed by atoms with Gasteiger partial charge in [-0.25, -0.2) is 4.79 Å². The first-order valence-electron chi connectivity index (χ1n) is 6.89. The second kappa shape index (κ2) is 9.33. The van der Waals surface area contributed by atoms with Crippen molar-refractivity contribution in [3.05, 3.63) is 48.6 Å².